The van der Waals surface area contributed by atoms with E-state index in [1.807, 2.05) is 0 Å². The first-order chi connectivity index (χ1) is 11.4. The molecule has 0 heterocycles. The van der Waals surface area contributed by atoms with E-state index in [-0.39, 0.29) is 5.91 Å². The zero-order valence-corrected chi connectivity index (χ0v) is 15.3. The summed E-state index contributed by atoms with van der Waals surface area (Å²) in [6, 6.07) is 12.3. The average Bonchev–Trinajstić information content (AvgIpc) is 2.54. The van der Waals surface area contributed by atoms with Gasteiger partial charge in [-0.15, -0.1) is 0 Å². The summed E-state index contributed by atoms with van der Waals surface area (Å²) in [4.78, 5) is 14.1. The SMILES string of the molecule is COc1ccc(Cl)cc1CN(C)C(=O)C(C)Oc1cccc(Cl)c1. The van der Waals surface area contributed by atoms with Crippen molar-refractivity contribution in [1.29, 1.82) is 0 Å². The van der Waals surface area contributed by atoms with E-state index in [0.717, 1.165) is 5.56 Å². The molecule has 0 aliphatic heterocycles. The van der Waals surface area contributed by atoms with E-state index in [2.05, 4.69) is 0 Å². The van der Waals surface area contributed by atoms with E-state index < -0.39 is 6.10 Å². The molecule has 24 heavy (non-hydrogen) atoms. The molecule has 0 spiro atoms. The van der Waals surface area contributed by atoms with E-state index in [0.29, 0.717) is 28.1 Å². The lowest BCUT2D eigenvalue weighted by Crippen LogP contribution is -2.37. The fraction of sp³-hybridized carbons (Fsp3) is 0.278. The summed E-state index contributed by atoms with van der Waals surface area (Å²) >= 11 is 11.9. The van der Waals surface area contributed by atoms with Crippen LogP contribution < -0.4 is 9.47 Å². The van der Waals surface area contributed by atoms with Gasteiger partial charge in [0.1, 0.15) is 11.5 Å². The Morgan fingerprint density at radius 1 is 1.17 bits per heavy atom. The number of benzene rings is 2. The highest BCUT2D eigenvalue weighted by molar-refractivity contribution is 6.31. The Labute approximate surface area is 151 Å². The standard InChI is InChI=1S/C18H19Cl2NO3/c1-12(24-16-6-4-5-14(19)10-16)18(22)21(2)11-13-9-15(20)7-8-17(13)23-3/h4-10,12H,11H2,1-3H3. The Kier molecular flexibility index (Phi) is 6.35. The van der Waals surface area contributed by atoms with Crippen LogP contribution in [0.5, 0.6) is 11.5 Å². The summed E-state index contributed by atoms with van der Waals surface area (Å²) in [5.74, 6) is 1.08. The van der Waals surface area contributed by atoms with Crippen molar-refractivity contribution < 1.29 is 14.3 Å². The van der Waals surface area contributed by atoms with Crippen LogP contribution in [0.25, 0.3) is 0 Å². The van der Waals surface area contributed by atoms with Crippen LogP contribution in [0.15, 0.2) is 42.5 Å². The second kappa shape index (κ2) is 8.27. The summed E-state index contributed by atoms with van der Waals surface area (Å²) < 4.78 is 11.0. The summed E-state index contributed by atoms with van der Waals surface area (Å²) in [5.41, 5.74) is 0.829. The molecule has 6 heteroatoms. The van der Waals surface area contributed by atoms with Gasteiger partial charge in [0.05, 0.1) is 7.11 Å². The van der Waals surface area contributed by atoms with Crippen LogP contribution in [-0.2, 0) is 11.3 Å². The number of hydrogen-bond acceptors (Lipinski definition) is 3. The number of likely N-dealkylation sites (N-methyl/N-ethyl adjacent to an activating group) is 1. The minimum Gasteiger partial charge on any atom is -0.496 e. The highest BCUT2D eigenvalue weighted by atomic mass is 35.5. The first-order valence-corrected chi connectivity index (χ1v) is 8.16. The van der Waals surface area contributed by atoms with Crippen molar-refractivity contribution in [2.24, 2.45) is 0 Å². The van der Waals surface area contributed by atoms with Gasteiger partial charge in [0.2, 0.25) is 0 Å². The van der Waals surface area contributed by atoms with Gasteiger partial charge in [-0.3, -0.25) is 4.79 Å². The van der Waals surface area contributed by atoms with Crippen molar-refractivity contribution in [3.05, 3.63) is 58.1 Å². The molecule has 0 aliphatic rings. The normalized spacial score (nSPS) is 11.7. The maximum absolute atomic E-state index is 12.5. The molecule has 0 fully saturated rings. The quantitative estimate of drug-likeness (QED) is 0.757. The molecule has 0 bridgehead atoms. The molecule has 128 valence electrons. The van der Waals surface area contributed by atoms with Gasteiger partial charge in [0.25, 0.3) is 5.91 Å². The van der Waals surface area contributed by atoms with Crippen molar-refractivity contribution in [3.63, 3.8) is 0 Å². The second-order valence-electron chi connectivity index (χ2n) is 5.37. The van der Waals surface area contributed by atoms with Crippen LogP contribution in [0, 0.1) is 0 Å². The Morgan fingerprint density at radius 2 is 1.88 bits per heavy atom. The minimum absolute atomic E-state index is 0.156. The monoisotopic (exact) mass is 367 g/mol. The molecular formula is C18H19Cl2NO3. The molecular weight excluding hydrogens is 349 g/mol. The van der Waals surface area contributed by atoms with Gasteiger partial charge in [-0.25, -0.2) is 0 Å². The smallest absolute Gasteiger partial charge is 0.263 e. The maximum atomic E-state index is 12.5. The van der Waals surface area contributed by atoms with E-state index in [9.17, 15) is 4.79 Å². The van der Waals surface area contributed by atoms with Crippen molar-refractivity contribution in [1.82, 2.24) is 4.90 Å². The number of halogens is 2. The van der Waals surface area contributed by atoms with Gasteiger partial charge in [-0.1, -0.05) is 29.3 Å². The van der Waals surface area contributed by atoms with Crippen LogP contribution in [-0.4, -0.2) is 31.1 Å². The summed E-state index contributed by atoms with van der Waals surface area (Å²) in [7, 11) is 3.29. The van der Waals surface area contributed by atoms with Crippen LogP contribution >= 0.6 is 23.2 Å². The number of carbonyl (C=O) groups excluding carboxylic acids is 1. The molecule has 2 aromatic rings. The number of rotatable bonds is 6. The van der Waals surface area contributed by atoms with Crippen LogP contribution in [0.3, 0.4) is 0 Å². The van der Waals surface area contributed by atoms with Crippen LogP contribution in [0.4, 0.5) is 0 Å². The molecule has 0 aliphatic carbocycles. The fourth-order valence-corrected chi connectivity index (χ4v) is 2.68. The Morgan fingerprint density at radius 3 is 2.54 bits per heavy atom. The lowest BCUT2D eigenvalue weighted by Gasteiger charge is -2.23. The third-order valence-corrected chi connectivity index (χ3v) is 3.95. The largest absolute Gasteiger partial charge is 0.496 e. The minimum atomic E-state index is -0.640. The zero-order chi connectivity index (χ0) is 17.7. The number of amides is 1. The molecule has 0 radical (unpaired) electrons. The van der Waals surface area contributed by atoms with E-state index >= 15 is 0 Å². The highest BCUT2D eigenvalue weighted by Gasteiger charge is 2.20. The Bertz CT molecular complexity index is 721. The van der Waals surface area contributed by atoms with E-state index in [4.69, 9.17) is 32.7 Å². The number of nitrogens with zero attached hydrogens (tertiary/aromatic N) is 1. The number of carbonyl (C=O) groups is 1. The first kappa shape index (κ1) is 18.4. The average molecular weight is 368 g/mol. The van der Waals surface area contributed by atoms with Crippen molar-refractivity contribution in [2.45, 2.75) is 19.6 Å². The molecule has 2 rings (SSSR count). The van der Waals surface area contributed by atoms with E-state index in [1.54, 1.807) is 68.4 Å². The number of methoxy groups -OCH3 is 1. The first-order valence-electron chi connectivity index (χ1n) is 7.40. The summed E-state index contributed by atoms with van der Waals surface area (Å²) in [6.07, 6.45) is -0.640. The lowest BCUT2D eigenvalue weighted by atomic mass is 10.2. The van der Waals surface area contributed by atoms with Gasteiger partial charge in [0, 0.05) is 29.2 Å². The van der Waals surface area contributed by atoms with Gasteiger partial charge in [-0.2, -0.15) is 0 Å². The lowest BCUT2D eigenvalue weighted by molar-refractivity contribution is -0.137. The van der Waals surface area contributed by atoms with Crippen LogP contribution in [0.2, 0.25) is 10.0 Å². The van der Waals surface area contributed by atoms with Gasteiger partial charge in [0.15, 0.2) is 6.10 Å². The number of hydrogen-bond donors (Lipinski definition) is 0. The molecule has 1 amide bonds. The highest BCUT2D eigenvalue weighted by Crippen LogP contribution is 2.24. The molecule has 0 aromatic heterocycles. The zero-order valence-electron chi connectivity index (χ0n) is 13.8. The van der Waals surface area contributed by atoms with Crippen molar-refractivity contribution in [2.75, 3.05) is 14.2 Å². The predicted octanol–water partition coefficient (Wildman–Crippen LogP) is 4.43. The van der Waals surface area contributed by atoms with Gasteiger partial charge in [-0.05, 0) is 43.3 Å². The topological polar surface area (TPSA) is 38.8 Å². The second-order valence-corrected chi connectivity index (χ2v) is 6.24. The molecule has 1 unspecified atom stereocenters. The number of ether oxygens (including phenoxy) is 2. The van der Waals surface area contributed by atoms with Crippen molar-refractivity contribution in [3.8, 4) is 11.5 Å². The predicted molar refractivity (Wildman–Crippen MR) is 96.0 cm³/mol. The van der Waals surface area contributed by atoms with Crippen LogP contribution in [0.1, 0.15) is 12.5 Å². The van der Waals surface area contributed by atoms with Gasteiger partial charge < -0.3 is 14.4 Å². The maximum Gasteiger partial charge on any atom is 0.263 e. The fourth-order valence-electron chi connectivity index (χ4n) is 2.31. The third kappa shape index (κ3) is 4.79. The van der Waals surface area contributed by atoms with E-state index in [1.165, 1.54) is 0 Å². The van der Waals surface area contributed by atoms with Crippen molar-refractivity contribution >= 4 is 29.1 Å². The molecule has 0 N–H and O–H groups in total. The molecule has 0 saturated carbocycles. The molecule has 2 aromatic carbocycles. The molecule has 4 nitrogen and oxygen atoms in total. The van der Waals surface area contributed by atoms with Gasteiger partial charge >= 0.3 is 0 Å². The summed E-state index contributed by atoms with van der Waals surface area (Å²) in [6.45, 7) is 2.07. The Balaban J connectivity index is 2.05. The molecule has 1 atom stereocenters. The molecule has 0 saturated heterocycles. The third-order valence-electron chi connectivity index (χ3n) is 3.48. The summed E-state index contributed by atoms with van der Waals surface area (Å²) in [5, 5.41) is 1.15. The Hall–Kier alpha value is -1.91.